The third-order valence-electron chi connectivity index (χ3n) is 3.22. The third kappa shape index (κ3) is 3.74. The van der Waals surface area contributed by atoms with Gasteiger partial charge in [-0.05, 0) is 23.8 Å². The zero-order chi connectivity index (χ0) is 15.1. The van der Waals surface area contributed by atoms with Gasteiger partial charge < -0.3 is 14.8 Å². The molecule has 21 heavy (non-hydrogen) atoms. The Morgan fingerprint density at radius 3 is 2.48 bits per heavy atom. The topological polar surface area (TPSA) is 54.3 Å². The number of nitriles is 1. The highest BCUT2D eigenvalue weighted by atomic mass is 16.5. The number of hydrogen-bond acceptors (Lipinski definition) is 4. The van der Waals surface area contributed by atoms with E-state index in [0.717, 1.165) is 16.9 Å². The molecule has 2 aromatic rings. The highest BCUT2D eigenvalue weighted by Crippen LogP contribution is 2.20. The molecule has 4 heteroatoms. The maximum atomic E-state index is 8.96. The zero-order valence-electron chi connectivity index (χ0n) is 12.2. The van der Waals surface area contributed by atoms with Gasteiger partial charge in [-0.1, -0.05) is 24.3 Å². The van der Waals surface area contributed by atoms with Crippen LogP contribution in [0, 0.1) is 11.3 Å². The Labute approximate surface area is 124 Å². The number of methoxy groups -OCH3 is 2. The third-order valence-corrected chi connectivity index (χ3v) is 3.22. The monoisotopic (exact) mass is 282 g/mol. The van der Waals surface area contributed by atoms with Crippen molar-refractivity contribution in [3.05, 3.63) is 59.2 Å². The minimum atomic E-state index is 0.547. The van der Waals surface area contributed by atoms with Gasteiger partial charge in [0, 0.05) is 18.7 Å². The summed E-state index contributed by atoms with van der Waals surface area (Å²) in [7, 11) is 3.24. The number of ether oxygens (including phenoxy) is 2. The first kappa shape index (κ1) is 14.9. The lowest BCUT2D eigenvalue weighted by molar-refractivity contribution is 0.407. The van der Waals surface area contributed by atoms with Crippen molar-refractivity contribution in [1.82, 2.24) is 5.32 Å². The molecule has 0 radical (unpaired) electrons. The second-order valence-corrected chi connectivity index (χ2v) is 4.56. The highest BCUT2D eigenvalue weighted by molar-refractivity contribution is 5.45. The summed E-state index contributed by atoms with van der Waals surface area (Å²) in [5.41, 5.74) is 2.73. The summed E-state index contributed by atoms with van der Waals surface area (Å²) < 4.78 is 10.5. The van der Waals surface area contributed by atoms with E-state index in [1.807, 2.05) is 36.4 Å². The van der Waals surface area contributed by atoms with Gasteiger partial charge >= 0.3 is 0 Å². The Morgan fingerprint density at radius 2 is 1.76 bits per heavy atom. The molecule has 0 aliphatic heterocycles. The van der Waals surface area contributed by atoms with Crippen LogP contribution in [0.5, 0.6) is 11.5 Å². The van der Waals surface area contributed by atoms with Crippen molar-refractivity contribution < 1.29 is 9.47 Å². The average Bonchev–Trinajstić information content (AvgIpc) is 2.55. The van der Waals surface area contributed by atoms with Crippen LogP contribution in [-0.2, 0) is 13.1 Å². The van der Waals surface area contributed by atoms with Gasteiger partial charge in [0.25, 0.3) is 0 Å². The van der Waals surface area contributed by atoms with Crippen LogP contribution >= 0.6 is 0 Å². The molecule has 108 valence electrons. The Kier molecular flexibility index (Phi) is 5.19. The van der Waals surface area contributed by atoms with Gasteiger partial charge in [0.1, 0.15) is 17.6 Å². The van der Waals surface area contributed by atoms with Crippen molar-refractivity contribution in [1.29, 1.82) is 5.26 Å². The first-order valence-electron chi connectivity index (χ1n) is 6.68. The van der Waals surface area contributed by atoms with Crippen LogP contribution in [0.2, 0.25) is 0 Å². The summed E-state index contributed by atoms with van der Waals surface area (Å²) in [6.07, 6.45) is 0. The second-order valence-electron chi connectivity index (χ2n) is 4.56. The number of hydrogen-bond donors (Lipinski definition) is 1. The summed E-state index contributed by atoms with van der Waals surface area (Å²) in [6, 6.07) is 15.6. The summed E-state index contributed by atoms with van der Waals surface area (Å²) in [4.78, 5) is 0. The van der Waals surface area contributed by atoms with Crippen molar-refractivity contribution in [2.45, 2.75) is 13.1 Å². The van der Waals surface area contributed by atoms with Gasteiger partial charge in [-0.2, -0.15) is 5.26 Å². The maximum absolute atomic E-state index is 8.96. The number of benzene rings is 2. The van der Waals surface area contributed by atoms with Gasteiger partial charge in [0.15, 0.2) is 0 Å². The maximum Gasteiger partial charge on any atom is 0.136 e. The van der Waals surface area contributed by atoms with Crippen LogP contribution < -0.4 is 14.8 Å². The predicted molar refractivity (Wildman–Crippen MR) is 81.2 cm³/mol. The number of nitrogens with zero attached hydrogens (tertiary/aromatic N) is 1. The van der Waals surface area contributed by atoms with E-state index in [0.29, 0.717) is 24.4 Å². The normalized spacial score (nSPS) is 9.95. The van der Waals surface area contributed by atoms with Crippen molar-refractivity contribution in [2.75, 3.05) is 14.2 Å². The fourth-order valence-electron chi connectivity index (χ4n) is 2.13. The van der Waals surface area contributed by atoms with Gasteiger partial charge in [0.2, 0.25) is 0 Å². The van der Waals surface area contributed by atoms with E-state index >= 15 is 0 Å². The number of nitrogens with one attached hydrogen (secondary N) is 1. The lowest BCUT2D eigenvalue weighted by Gasteiger charge is -2.10. The molecule has 0 atom stereocenters. The molecule has 4 nitrogen and oxygen atoms in total. The molecule has 1 N–H and O–H groups in total. The molecule has 0 amide bonds. The molecule has 0 unspecified atom stereocenters. The van der Waals surface area contributed by atoms with E-state index in [4.69, 9.17) is 14.7 Å². The molecule has 0 spiro atoms. The smallest absolute Gasteiger partial charge is 0.136 e. The molecule has 0 saturated carbocycles. The van der Waals surface area contributed by atoms with Crippen molar-refractivity contribution in [2.24, 2.45) is 0 Å². The fourth-order valence-corrected chi connectivity index (χ4v) is 2.13. The van der Waals surface area contributed by atoms with Crippen LogP contribution in [0.1, 0.15) is 16.7 Å². The summed E-state index contributed by atoms with van der Waals surface area (Å²) in [5.74, 6) is 1.48. The zero-order valence-corrected chi connectivity index (χ0v) is 12.2. The van der Waals surface area contributed by atoms with Gasteiger partial charge in [-0.15, -0.1) is 0 Å². The van der Waals surface area contributed by atoms with E-state index < -0.39 is 0 Å². The molecular formula is C17H18N2O2. The molecule has 0 saturated heterocycles. The number of para-hydroxylation sites is 1. The van der Waals surface area contributed by atoms with E-state index in [2.05, 4.69) is 11.4 Å². The molecule has 0 aliphatic carbocycles. The Balaban J connectivity index is 1.99. The molecule has 0 aromatic heterocycles. The lowest BCUT2D eigenvalue weighted by atomic mass is 10.1. The van der Waals surface area contributed by atoms with E-state index in [-0.39, 0.29) is 0 Å². The van der Waals surface area contributed by atoms with Crippen LogP contribution in [0.4, 0.5) is 0 Å². The van der Waals surface area contributed by atoms with Gasteiger partial charge in [-0.25, -0.2) is 0 Å². The average molecular weight is 282 g/mol. The van der Waals surface area contributed by atoms with Crippen LogP contribution in [0.25, 0.3) is 0 Å². The van der Waals surface area contributed by atoms with Gasteiger partial charge in [-0.3, -0.25) is 0 Å². The summed E-state index contributed by atoms with van der Waals surface area (Å²) in [6.45, 7) is 1.41. The minimum Gasteiger partial charge on any atom is -0.496 e. The van der Waals surface area contributed by atoms with Crippen molar-refractivity contribution >= 4 is 0 Å². The number of rotatable bonds is 6. The van der Waals surface area contributed by atoms with Crippen molar-refractivity contribution in [3.63, 3.8) is 0 Å². The minimum absolute atomic E-state index is 0.547. The highest BCUT2D eigenvalue weighted by Gasteiger charge is 2.04. The quantitative estimate of drug-likeness (QED) is 0.885. The fraction of sp³-hybridized carbons (Fsp3) is 0.235. The molecule has 0 aliphatic rings. The molecule has 2 rings (SSSR count). The summed E-state index contributed by atoms with van der Waals surface area (Å²) >= 11 is 0. The van der Waals surface area contributed by atoms with Crippen LogP contribution in [-0.4, -0.2) is 14.2 Å². The van der Waals surface area contributed by atoms with E-state index in [1.165, 1.54) is 0 Å². The van der Waals surface area contributed by atoms with Crippen LogP contribution in [0.15, 0.2) is 42.5 Å². The Hall–Kier alpha value is -2.51. The van der Waals surface area contributed by atoms with Crippen molar-refractivity contribution in [3.8, 4) is 17.6 Å². The first-order chi connectivity index (χ1) is 10.3. The van der Waals surface area contributed by atoms with Crippen LogP contribution in [0.3, 0.4) is 0 Å². The molecular weight excluding hydrogens is 264 g/mol. The first-order valence-corrected chi connectivity index (χ1v) is 6.68. The van der Waals surface area contributed by atoms with E-state index in [1.54, 1.807) is 20.3 Å². The van der Waals surface area contributed by atoms with E-state index in [9.17, 15) is 0 Å². The SMILES string of the molecule is COc1cc(CNCc2ccccc2OC)ccc1C#N. The van der Waals surface area contributed by atoms with Gasteiger partial charge in [0.05, 0.1) is 19.8 Å². The Morgan fingerprint density at radius 1 is 1.00 bits per heavy atom. The molecule has 0 bridgehead atoms. The second kappa shape index (κ2) is 7.32. The largest absolute Gasteiger partial charge is 0.496 e. The predicted octanol–water partition coefficient (Wildman–Crippen LogP) is 2.87. The standard InChI is InChI=1S/C17H18N2O2/c1-20-16-6-4-3-5-15(16)12-19-11-13-7-8-14(10-18)17(9-13)21-2/h3-9,19H,11-12H2,1-2H3. The molecule has 2 aromatic carbocycles. The summed E-state index contributed by atoms with van der Waals surface area (Å²) in [5, 5.41) is 12.3. The Bertz CT molecular complexity index is 647. The molecule has 0 fully saturated rings. The molecule has 0 heterocycles. The lowest BCUT2D eigenvalue weighted by Crippen LogP contribution is -2.13.